The van der Waals surface area contributed by atoms with Crippen LogP contribution in [0.1, 0.15) is 0 Å². The lowest BCUT2D eigenvalue weighted by molar-refractivity contribution is 0.306. The third-order valence-electron chi connectivity index (χ3n) is 4.71. The molecule has 0 amide bonds. The van der Waals surface area contributed by atoms with Gasteiger partial charge in [-0.15, -0.1) is 5.10 Å². The summed E-state index contributed by atoms with van der Waals surface area (Å²) in [6, 6.07) is 5.31. The zero-order valence-corrected chi connectivity index (χ0v) is 18.5. The largest absolute Gasteiger partial charge is 0.493 e. The monoisotopic (exact) mass is 431 g/mol. The van der Waals surface area contributed by atoms with Gasteiger partial charge in [0.2, 0.25) is 17.2 Å². The number of hydrogen-bond donors (Lipinski definition) is 0. The molecule has 0 radical (unpaired) electrons. The molecule has 0 unspecified atom stereocenters. The van der Waals surface area contributed by atoms with Gasteiger partial charge in [-0.1, -0.05) is 5.21 Å². The van der Waals surface area contributed by atoms with E-state index in [1.807, 2.05) is 0 Å². The van der Waals surface area contributed by atoms with E-state index in [2.05, 4.69) is 10.3 Å². The van der Waals surface area contributed by atoms with E-state index in [-0.39, 0.29) is 0 Å². The van der Waals surface area contributed by atoms with E-state index in [0.717, 1.165) is 0 Å². The first kappa shape index (κ1) is 21.9. The second kappa shape index (κ2) is 9.33. The Morgan fingerprint density at radius 2 is 1.10 bits per heavy atom. The summed E-state index contributed by atoms with van der Waals surface area (Å²) in [5.74, 6) is 3.14. The maximum atomic E-state index is 5.65. The lowest BCUT2D eigenvalue weighted by Crippen LogP contribution is -2.05. The van der Waals surface area contributed by atoms with Gasteiger partial charge >= 0.3 is 0 Å². The molecular weight excluding hydrogens is 406 g/mol. The number of nitrogens with zero attached hydrogens (tertiary/aromatic N) is 3. The van der Waals surface area contributed by atoms with Gasteiger partial charge in [0.05, 0.1) is 72.9 Å². The minimum atomic E-state index is 0.386. The second-order valence-corrected chi connectivity index (χ2v) is 6.14. The average molecular weight is 431 g/mol. The SMILES string of the molecule is COc1cc(-n2nncc2-c2cc(OC)c(OC)c(OC)c2OC)cc(OC)c1OC. The van der Waals surface area contributed by atoms with Crippen molar-refractivity contribution in [2.45, 2.75) is 0 Å². The van der Waals surface area contributed by atoms with Crippen molar-refractivity contribution < 1.29 is 33.2 Å². The van der Waals surface area contributed by atoms with Crippen molar-refractivity contribution in [2.24, 2.45) is 0 Å². The molecule has 31 heavy (non-hydrogen) atoms. The molecule has 1 heterocycles. The molecule has 0 aliphatic carbocycles. The van der Waals surface area contributed by atoms with Crippen LogP contribution in [0.3, 0.4) is 0 Å². The van der Waals surface area contributed by atoms with Gasteiger partial charge in [-0.25, -0.2) is 4.68 Å². The molecule has 166 valence electrons. The van der Waals surface area contributed by atoms with E-state index < -0.39 is 0 Å². The van der Waals surface area contributed by atoms with Gasteiger partial charge in [-0.3, -0.25) is 0 Å². The smallest absolute Gasteiger partial charge is 0.207 e. The van der Waals surface area contributed by atoms with Crippen LogP contribution in [-0.4, -0.2) is 64.8 Å². The number of ether oxygens (including phenoxy) is 7. The Morgan fingerprint density at radius 1 is 0.581 bits per heavy atom. The molecule has 10 nitrogen and oxygen atoms in total. The van der Waals surface area contributed by atoms with Crippen LogP contribution < -0.4 is 33.2 Å². The Labute approximate surface area is 180 Å². The van der Waals surface area contributed by atoms with E-state index in [0.29, 0.717) is 57.2 Å². The maximum absolute atomic E-state index is 5.65. The molecule has 0 atom stereocenters. The van der Waals surface area contributed by atoms with Crippen LogP contribution in [0, 0.1) is 0 Å². The van der Waals surface area contributed by atoms with Gasteiger partial charge in [0.25, 0.3) is 0 Å². The predicted octanol–water partition coefficient (Wildman–Crippen LogP) is 2.99. The summed E-state index contributed by atoms with van der Waals surface area (Å²) in [5.41, 5.74) is 1.89. The Bertz CT molecular complexity index is 1040. The highest BCUT2D eigenvalue weighted by atomic mass is 16.5. The van der Waals surface area contributed by atoms with E-state index in [9.17, 15) is 0 Å². The van der Waals surface area contributed by atoms with Crippen LogP contribution in [-0.2, 0) is 0 Å². The van der Waals surface area contributed by atoms with Crippen molar-refractivity contribution in [3.05, 3.63) is 24.4 Å². The molecule has 0 aliphatic heterocycles. The standard InChI is InChI=1S/C21H25N3O7/c1-25-15-8-12(9-16(26-2)19(15)29-5)24-14(11-22-23-24)13-10-17(27-3)20(30-6)21(31-7)18(13)28-4/h8-11H,1-7H3. The first-order valence-electron chi connectivity index (χ1n) is 9.16. The Morgan fingerprint density at radius 3 is 1.58 bits per heavy atom. The Kier molecular flexibility index (Phi) is 6.58. The molecule has 3 rings (SSSR count). The van der Waals surface area contributed by atoms with E-state index in [1.165, 1.54) is 14.2 Å². The number of benzene rings is 2. The van der Waals surface area contributed by atoms with Gasteiger partial charge in [0.1, 0.15) is 0 Å². The minimum Gasteiger partial charge on any atom is -0.493 e. The molecule has 0 aliphatic rings. The maximum Gasteiger partial charge on any atom is 0.207 e. The van der Waals surface area contributed by atoms with Crippen LogP contribution in [0.5, 0.6) is 40.2 Å². The van der Waals surface area contributed by atoms with Crippen LogP contribution in [0.2, 0.25) is 0 Å². The molecule has 0 fully saturated rings. The highest BCUT2D eigenvalue weighted by Crippen LogP contribution is 2.50. The van der Waals surface area contributed by atoms with E-state index in [1.54, 1.807) is 64.6 Å². The molecule has 0 spiro atoms. The molecular formula is C21H25N3O7. The highest BCUT2D eigenvalue weighted by Gasteiger charge is 2.25. The summed E-state index contributed by atoms with van der Waals surface area (Å²) < 4.78 is 40.1. The van der Waals surface area contributed by atoms with Crippen molar-refractivity contribution in [3.8, 4) is 57.2 Å². The van der Waals surface area contributed by atoms with Gasteiger partial charge in [0.15, 0.2) is 23.0 Å². The number of aromatic nitrogens is 3. The second-order valence-electron chi connectivity index (χ2n) is 6.14. The Hall–Kier alpha value is -3.82. The highest BCUT2D eigenvalue weighted by molar-refractivity contribution is 5.78. The first-order chi connectivity index (χ1) is 15.1. The quantitative estimate of drug-likeness (QED) is 0.507. The van der Waals surface area contributed by atoms with Crippen molar-refractivity contribution in [1.82, 2.24) is 15.0 Å². The average Bonchev–Trinajstić information content (AvgIpc) is 3.30. The summed E-state index contributed by atoms with van der Waals surface area (Å²) in [7, 11) is 10.8. The van der Waals surface area contributed by atoms with Crippen LogP contribution in [0.15, 0.2) is 24.4 Å². The molecule has 2 aromatic carbocycles. The molecule has 3 aromatic rings. The molecule has 1 aromatic heterocycles. The zero-order valence-electron chi connectivity index (χ0n) is 18.5. The minimum absolute atomic E-state index is 0.386. The number of methoxy groups -OCH3 is 7. The van der Waals surface area contributed by atoms with Crippen molar-refractivity contribution in [2.75, 3.05) is 49.8 Å². The van der Waals surface area contributed by atoms with E-state index in [4.69, 9.17) is 33.2 Å². The fourth-order valence-corrected chi connectivity index (χ4v) is 3.32. The third-order valence-corrected chi connectivity index (χ3v) is 4.71. The van der Waals surface area contributed by atoms with Crippen LogP contribution in [0.25, 0.3) is 16.9 Å². The lowest BCUT2D eigenvalue weighted by Gasteiger charge is -2.19. The fraction of sp³-hybridized carbons (Fsp3) is 0.333. The third kappa shape index (κ3) is 3.72. The molecule has 0 bridgehead atoms. The molecule has 0 saturated carbocycles. The molecule has 0 N–H and O–H groups in total. The van der Waals surface area contributed by atoms with Gasteiger partial charge < -0.3 is 33.2 Å². The zero-order chi connectivity index (χ0) is 22.5. The summed E-state index contributed by atoms with van der Waals surface area (Å²) in [4.78, 5) is 0. The Balaban J connectivity index is 2.28. The van der Waals surface area contributed by atoms with Crippen molar-refractivity contribution in [1.29, 1.82) is 0 Å². The normalized spacial score (nSPS) is 10.4. The fourth-order valence-electron chi connectivity index (χ4n) is 3.32. The molecule has 0 saturated heterocycles. The topological polar surface area (TPSA) is 95.3 Å². The van der Waals surface area contributed by atoms with Crippen molar-refractivity contribution in [3.63, 3.8) is 0 Å². The lowest BCUT2D eigenvalue weighted by atomic mass is 10.1. The number of rotatable bonds is 9. The van der Waals surface area contributed by atoms with Gasteiger partial charge in [-0.2, -0.15) is 0 Å². The summed E-state index contributed by atoms with van der Waals surface area (Å²) >= 11 is 0. The van der Waals surface area contributed by atoms with Crippen LogP contribution in [0.4, 0.5) is 0 Å². The predicted molar refractivity (Wildman–Crippen MR) is 113 cm³/mol. The van der Waals surface area contributed by atoms with Gasteiger partial charge in [-0.05, 0) is 6.07 Å². The van der Waals surface area contributed by atoms with Crippen molar-refractivity contribution >= 4 is 0 Å². The van der Waals surface area contributed by atoms with Crippen LogP contribution >= 0.6 is 0 Å². The number of hydrogen-bond acceptors (Lipinski definition) is 9. The molecule has 10 heteroatoms. The summed E-state index contributed by atoms with van der Waals surface area (Å²) in [6.45, 7) is 0. The summed E-state index contributed by atoms with van der Waals surface area (Å²) in [6.07, 6.45) is 1.60. The first-order valence-corrected chi connectivity index (χ1v) is 9.16. The summed E-state index contributed by atoms with van der Waals surface area (Å²) in [5, 5.41) is 8.33. The van der Waals surface area contributed by atoms with Gasteiger partial charge in [0, 0.05) is 12.1 Å². The van der Waals surface area contributed by atoms with E-state index >= 15 is 0 Å².